The minimum Gasteiger partial charge on any atom is -0.385 e. The average molecular weight is 302 g/mol. The van der Waals surface area contributed by atoms with E-state index in [2.05, 4.69) is 20.5 Å². The van der Waals surface area contributed by atoms with Crippen LogP contribution in [0, 0.1) is 0 Å². The molecule has 0 atom stereocenters. The molecule has 0 bridgehead atoms. The molecule has 0 unspecified atom stereocenters. The highest BCUT2D eigenvalue weighted by molar-refractivity contribution is 7.91. The molecule has 0 saturated carbocycles. The Hall–Kier alpha value is -2.03. The van der Waals surface area contributed by atoms with Gasteiger partial charge in [-0.15, -0.1) is 0 Å². The first kappa shape index (κ1) is 14.4. The van der Waals surface area contributed by atoms with Crippen molar-refractivity contribution in [3.63, 3.8) is 0 Å². The van der Waals surface area contributed by atoms with Crippen LogP contribution < -0.4 is 5.32 Å². The maximum atomic E-state index is 12.3. The predicted octanol–water partition coefficient (Wildman–Crippen LogP) is 1.46. The van der Waals surface area contributed by atoms with E-state index in [0.717, 1.165) is 18.0 Å². The van der Waals surface area contributed by atoms with Gasteiger partial charge in [-0.25, -0.2) is 13.4 Å². The van der Waals surface area contributed by atoms with Crippen molar-refractivity contribution < 1.29 is 17.2 Å². The first-order valence-corrected chi connectivity index (χ1v) is 7.25. The van der Waals surface area contributed by atoms with E-state index in [9.17, 15) is 17.2 Å². The quantitative estimate of drug-likeness (QED) is 0.843. The third-order valence-electron chi connectivity index (χ3n) is 2.57. The van der Waals surface area contributed by atoms with Crippen LogP contribution in [0.25, 0.3) is 0 Å². The molecule has 6 nitrogen and oxygen atoms in total. The molecule has 20 heavy (non-hydrogen) atoms. The smallest absolute Gasteiger partial charge is 0.341 e. The number of aromatic amines is 1. The number of anilines is 1. The number of nitrogens with one attached hydrogen (secondary N) is 2. The SMILES string of the molecule is O=S(=O)(c1ccc(NCCc2ncn[nH]2)cc1)C(F)F. The summed E-state index contributed by atoms with van der Waals surface area (Å²) in [6, 6.07) is 5.18. The fourth-order valence-corrected chi connectivity index (χ4v) is 2.26. The minimum atomic E-state index is -4.53. The van der Waals surface area contributed by atoms with Crippen LogP contribution in [0.2, 0.25) is 0 Å². The predicted molar refractivity (Wildman–Crippen MR) is 68.2 cm³/mol. The van der Waals surface area contributed by atoms with E-state index in [0.29, 0.717) is 18.7 Å². The number of hydrogen-bond acceptors (Lipinski definition) is 5. The zero-order valence-electron chi connectivity index (χ0n) is 10.3. The van der Waals surface area contributed by atoms with Crippen LogP contribution in [0.1, 0.15) is 5.82 Å². The summed E-state index contributed by atoms with van der Waals surface area (Å²) in [6.07, 6.45) is 2.01. The number of hydrogen-bond donors (Lipinski definition) is 2. The lowest BCUT2D eigenvalue weighted by atomic mass is 10.3. The monoisotopic (exact) mass is 302 g/mol. The van der Waals surface area contributed by atoms with Crippen molar-refractivity contribution >= 4 is 15.5 Å². The zero-order chi connectivity index (χ0) is 14.6. The van der Waals surface area contributed by atoms with Gasteiger partial charge in [-0.2, -0.15) is 13.9 Å². The highest BCUT2D eigenvalue weighted by Gasteiger charge is 2.26. The molecule has 0 radical (unpaired) electrons. The van der Waals surface area contributed by atoms with Gasteiger partial charge in [-0.05, 0) is 24.3 Å². The molecule has 1 aromatic heterocycles. The molecule has 2 rings (SSSR count). The number of halogens is 2. The van der Waals surface area contributed by atoms with Gasteiger partial charge in [0, 0.05) is 18.7 Å². The van der Waals surface area contributed by atoms with Crippen LogP contribution >= 0.6 is 0 Å². The molecule has 0 amide bonds. The first-order valence-electron chi connectivity index (χ1n) is 5.70. The summed E-state index contributed by atoms with van der Waals surface area (Å²) < 4.78 is 47.1. The number of aromatic nitrogens is 3. The largest absolute Gasteiger partial charge is 0.385 e. The Bertz CT molecular complexity index is 642. The van der Waals surface area contributed by atoms with Gasteiger partial charge in [0.1, 0.15) is 12.2 Å². The van der Waals surface area contributed by atoms with Crippen LogP contribution in [-0.2, 0) is 16.3 Å². The molecule has 0 saturated heterocycles. The van der Waals surface area contributed by atoms with Crippen molar-refractivity contribution in [2.45, 2.75) is 17.1 Å². The Labute approximate surface area is 114 Å². The highest BCUT2D eigenvalue weighted by Crippen LogP contribution is 2.20. The van der Waals surface area contributed by atoms with Gasteiger partial charge in [0.15, 0.2) is 0 Å². The second kappa shape index (κ2) is 5.95. The average Bonchev–Trinajstić information content (AvgIpc) is 2.92. The topological polar surface area (TPSA) is 87.7 Å². The van der Waals surface area contributed by atoms with Crippen molar-refractivity contribution in [1.82, 2.24) is 15.2 Å². The normalized spacial score (nSPS) is 11.8. The summed E-state index contributed by atoms with van der Waals surface area (Å²) in [5, 5.41) is 9.42. The van der Waals surface area contributed by atoms with Crippen LogP contribution in [-0.4, -0.2) is 35.9 Å². The summed E-state index contributed by atoms with van der Waals surface area (Å²) in [4.78, 5) is 3.55. The lowest BCUT2D eigenvalue weighted by Crippen LogP contribution is -2.11. The minimum absolute atomic E-state index is 0.395. The molecule has 0 aliphatic carbocycles. The summed E-state index contributed by atoms with van der Waals surface area (Å²) >= 11 is 0. The fourth-order valence-electron chi connectivity index (χ4n) is 1.54. The van der Waals surface area contributed by atoms with E-state index in [4.69, 9.17) is 0 Å². The van der Waals surface area contributed by atoms with Crippen molar-refractivity contribution in [2.75, 3.05) is 11.9 Å². The number of alkyl halides is 2. The molecule has 0 aliphatic heterocycles. The van der Waals surface area contributed by atoms with E-state index < -0.39 is 20.5 Å². The highest BCUT2D eigenvalue weighted by atomic mass is 32.2. The Morgan fingerprint density at radius 2 is 1.95 bits per heavy atom. The van der Waals surface area contributed by atoms with E-state index in [1.807, 2.05) is 0 Å². The zero-order valence-corrected chi connectivity index (χ0v) is 11.1. The van der Waals surface area contributed by atoms with Gasteiger partial charge in [-0.3, -0.25) is 5.10 Å². The number of sulfone groups is 1. The molecule has 0 fully saturated rings. The van der Waals surface area contributed by atoms with Crippen molar-refractivity contribution in [3.8, 4) is 0 Å². The summed E-state index contributed by atoms with van der Waals surface area (Å²) in [5.41, 5.74) is 0.637. The molecule has 1 heterocycles. The Kier molecular flexibility index (Phi) is 4.28. The number of H-pyrrole nitrogens is 1. The standard InChI is InChI=1S/C11H12F2N4O2S/c12-11(13)20(18,19)9-3-1-8(2-4-9)14-6-5-10-15-7-16-17-10/h1-4,7,11,14H,5-6H2,(H,15,16,17). The van der Waals surface area contributed by atoms with E-state index in [1.54, 1.807) is 0 Å². The molecule has 108 valence electrons. The molecular formula is C11H12F2N4O2S. The Morgan fingerprint density at radius 3 is 2.50 bits per heavy atom. The van der Waals surface area contributed by atoms with Crippen molar-refractivity contribution in [1.29, 1.82) is 0 Å². The third-order valence-corrected chi connectivity index (χ3v) is 3.97. The molecule has 9 heteroatoms. The molecule has 1 aromatic carbocycles. The fraction of sp³-hybridized carbons (Fsp3) is 0.273. The maximum absolute atomic E-state index is 12.3. The van der Waals surface area contributed by atoms with Crippen molar-refractivity contribution in [3.05, 3.63) is 36.4 Å². The molecular weight excluding hydrogens is 290 g/mol. The van der Waals surface area contributed by atoms with Gasteiger partial charge < -0.3 is 5.32 Å². The molecule has 2 aromatic rings. The van der Waals surface area contributed by atoms with E-state index in [1.165, 1.54) is 18.5 Å². The lowest BCUT2D eigenvalue weighted by Gasteiger charge is -2.07. The second-order valence-corrected chi connectivity index (χ2v) is 5.86. The summed E-state index contributed by atoms with van der Waals surface area (Å²) in [7, 11) is -4.53. The number of rotatable bonds is 6. The summed E-state index contributed by atoms with van der Waals surface area (Å²) in [5.74, 6) is -2.69. The van der Waals surface area contributed by atoms with Gasteiger partial charge in [0.2, 0.25) is 9.84 Å². The molecule has 2 N–H and O–H groups in total. The van der Waals surface area contributed by atoms with Crippen LogP contribution in [0.3, 0.4) is 0 Å². The van der Waals surface area contributed by atoms with Crippen LogP contribution in [0.15, 0.2) is 35.5 Å². The Balaban J connectivity index is 1.95. The van der Waals surface area contributed by atoms with E-state index in [-0.39, 0.29) is 0 Å². The number of benzene rings is 1. The Morgan fingerprint density at radius 1 is 1.25 bits per heavy atom. The first-order chi connectivity index (χ1) is 9.50. The third kappa shape index (κ3) is 3.29. The van der Waals surface area contributed by atoms with Gasteiger partial charge in [0.25, 0.3) is 0 Å². The van der Waals surface area contributed by atoms with Gasteiger partial charge in [-0.1, -0.05) is 0 Å². The lowest BCUT2D eigenvalue weighted by molar-refractivity contribution is 0.234. The second-order valence-electron chi connectivity index (χ2n) is 3.94. The molecule has 0 spiro atoms. The van der Waals surface area contributed by atoms with E-state index >= 15 is 0 Å². The summed E-state index contributed by atoms with van der Waals surface area (Å²) in [6.45, 7) is 0.552. The molecule has 0 aliphatic rings. The number of nitrogens with zero attached hydrogens (tertiary/aromatic N) is 2. The van der Waals surface area contributed by atoms with Gasteiger partial charge >= 0.3 is 5.76 Å². The van der Waals surface area contributed by atoms with Gasteiger partial charge in [0.05, 0.1) is 4.90 Å². The van der Waals surface area contributed by atoms with Crippen LogP contribution in [0.4, 0.5) is 14.5 Å². The maximum Gasteiger partial charge on any atom is 0.341 e. The van der Waals surface area contributed by atoms with Crippen molar-refractivity contribution in [2.24, 2.45) is 0 Å². The van der Waals surface area contributed by atoms with Crippen LogP contribution in [0.5, 0.6) is 0 Å².